The molecular weight excluding hydrogens is 345 g/mol. The predicted molar refractivity (Wildman–Crippen MR) is 92.0 cm³/mol. The van der Waals surface area contributed by atoms with Crippen molar-refractivity contribution >= 4 is 29.5 Å². The number of hydrogen-bond donors (Lipinski definition) is 0. The van der Waals surface area contributed by atoms with E-state index in [9.17, 15) is 9.18 Å². The average Bonchev–Trinajstić information content (AvgIpc) is 2.95. The quantitative estimate of drug-likeness (QED) is 0.601. The lowest BCUT2D eigenvalue weighted by Crippen LogP contribution is -2.08. The Kier molecular flexibility index (Phi) is 3.86. The number of rotatable bonds is 2. The first-order chi connectivity index (χ1) is 12.1. The van der Waals surface area contributed by atoms with Crippen molar-refractivity contribution in [3.05, 3.63) is 81.8 Å². The molecule has 0 aliphatic carbocycles. The minimum absolute atomic E-state index is 0.0462. The molecule has 0 saturated heterocycles. The van der Waals surface area contributed by atoms with Crippen LogP contribution in [0.4, 0.5) is 4.39 Å². The number of esters is 1. The Morgan fingerprint density at radius 3 is 2.88 bits per heavy atom. The van der Waals surface area contributed by atoms with Gasteiger partial charge in [0, 0.05) is 10.6 Å². The molecule has 6 heteroatoms. The lowest BCUT2D eigenvalue weighted by atomic mass is 10.1. The van der Waals surface area contributed by atoms with Crippen molar-refractivity contribution in [3.63, 3.8) is 0 Å². The van der Waals surface area contributed by atoms with Crippen LogP contribution in [0.2, 0.25) is 5.02 Å². The first-order valence-corrected chi connectivity index (χ1v) is 7.88. The zero-order valence-corrected chi connectivity index (χ0v) is 13.6. The molecule has 2 aromatic rings. The molecule has 0 unspecified atom stereocenters. The first kappa shape index (κ1) is 15.6. The molecule has 2 aliphatic rings. The van der Waals surface area contributed by atoms with Crippen LogP contribution in [-0.4, -0.2) is 18.5 Å². The monoisotopic (exact) mass is 355 g/mol. The summed E-state index contributed by atoms with van der Waals surface area (Å²) in [5.74, 6) is -0.457. The molecule has 0 aromatic heterocycles. The molecule has 0 radical (unpaired) electrons. The number of halogens is 2. The van der Waals surface area contributed by atoms with Crippen LogP contribution in [0.25, 0.3) is 6.08 Å². The Morgan fingerprint density at radius 1 is 1.20 bits per heavy atom. The summed E-state index contributed by atoms with van der Waals surface area (Å²) in [4.78, 5) is 16.1. The van der Waals surface area contributed by atoms with E-state index >= 15 is 0 Å². The van der Waals surface area contributed by atoms with Crippen LogP contribution in [0.1, 0.15) is 11.1 Å². The van der Waals surface area contributed by atoms with Gasteiger partial charge < -0.3 is 9.47 Å². The van der Waals surface area contributed by atoms with Crippen molar-refractivity contribution in [1.29, 1.82) is 0 Å². The zero-order valence-electron chi connectivity index (χ0n) is 12.8. The van der Waals surface area contributed by atoms with Gasteiger partial charge in [-0.2, -0.15) is 0 Å². The molecule has 25 heavy (non-hydrogen) atoms. The third-order valence-corrected chi connectivity index (χ3v) is 3.99. The van der Waals surface area contributed by atoms with Gasteiger partial charge in [-0.15, -0.1) is 0 Å². The van der Waals surface area contributed by atoms with Crippen LogP contribution in [0.5, 0.6) is 5.75 Å². The molecule has 4 rings (SSSR count). The molecule has 124 valence electrons. The Labute approximate surface area is 147 Å². The van der Waals surface area contributed by atoms with E-state index in [-0.39, 0.29) is 23.8 Å². The number of ether oxygens (including phenoxy) is 2. The molecule has 4 nitrogen and oxygen atoms in total. The summed E-state index contributed by atoms with van der Waals surface area (Å²) in [5, 5.41) is 0.590. The maximum Gasteiger partial charge on any atom is 0.363 e. The molecule has 0 atom stereocenters. The Balaban J connectivity index is 1.68. The van der Waals surface area contributed by atoms with E-state index in [1.54, 1.807) is 36.4 Å². The molecule has 0 fully saturated rings. The number of fused-ring (bicyclic) bond motifs is 1. The number of hydrogen-bond acceptors (Lipinski definition) is 4. The van der Waals surface area contributed by atoms with Crippen molar-refractivity contribution in [2.45, 2.75) is 0 Å². The second-order valence-electron chi connectivity index (χ2n) is 5.51. The number of carbonyl (C=O) groups excluding carboxylic acids is 1. The highest BCUT2D eigenvalue weighted by atomic mass is 35.5. The van der Waals surface area contributed by atoms with Crippen LogP contribution < -0.4 is 4.74 Å². The molecular formula is C19H11ClFNO3. The van der Waals surface area contributed by atoms with Gasteiger partial charge in [-0.3, -0.25) is 0 Å². The molecule has 0 N–H and O–H groups in total. The third-order valence-electron chi connectivity index (χ3n) is 3.75. The molecule has 0 amide bonds. The summed E-state index contributed by atoms with van der Waals surface area (Å²) < 4.78 is 24.5. The molecule has 2 aliphatic heterocycles. The summed E-state index contributed by atoms with van der Waals surface area (Å²) in [6.45, 7) is 0.288. The van der Waals surface area contributed by atoms with E-state index in [0.717, 1.165) is 16.9 Å². The number of benzene rings is 2. The minimum Gasteiger partial charge on any atom is -0.488 e. The summed E-state index contributed by atoms with van der Waals surface area (Å²) >= 11 is 5.99. The van der Waals surface area contributed by atoms with Crippen molar-refractivity contribution in [2.24, 2.45) is 4.99 Å². The summed E-state index contributed by atoms with van der Waals surface area (Å²) in [6.07, 6.45) is 3.43. The van der Waals surface area contributed by atoms with E-state index in [4.69, 9.17) is 21.1 Å². The highest BCUT2D eigenvalue weighted by Crippen LogP contribution is 2.30. The number of cyclic esters (lactones) is 1. The second-order valence-corrected chi connectivity index (χ2v) is 5.94. The van der Waals surface area contributed by atoms with Crippen molar-refractivity contribution in [1.82, 2.24) is 0 Å². The van der Waals surface area contributed by atoms with Gasteiger partial charge in [0.2, 0.25) is 5.90 Å². The van der Waals surface area contributed by atoms with Crippen molar-refractivity contribution in [2.75, 3.05) is 6.61 Å². The Hall–Kier alpha value is -2.92. The Morgan fingerprint density at radius 2 is 2.04 bits per heavy atom. The number of carbonyl (C=O) groups is 1. The fraction of sp³-hybridized carbons (Fsp3) is 0.0526. The average molecular weight is 356 g/mol. The molecule has 0 bridgehead atoms. The van der Waals surface area contributed by atoms with Crippen LogP contribution in [0, 0.1) is 5.82 Å². The minimum atomic E-state index is -0.629. The summed E-state index contributed by atoms with van der Waals surface area (Å²) in [5.41, 5.74) is 1.79. The normalized spacial score (nSPS) is 17.5. The first-order valence-electron chi connectivity index (χ1n) is 7.50. The summed E-state index contributed by atoms with van der Waals surface area (Å²) in [6, 6.07) is 11.3. The smallest absolute Gasteiger partial charge is 0.363 e. The van der Waals surface area contributed by atoms with Gasteiger partial charge in [-0.05, 0) is 48.1 Å². The fourth-order valence-corrected chi connectivity index (χ4v) is 2.76. The largest absolute Gasteiger partial charge is 0.488 e. The molecule has 0 saturated carbocycles. The van der Waals surface area contributed by atoms with Crippen LogP contribution in [0.15, 0.2) is 64.8 Å². The van der Waals surface area contributed by atoms with Gasteiger partial charge in [0.1, 0.15) is 18.2 Å². The lowest BCUT2D eigenvalue weighted by Gasteiger charge is -2.16. The van der Waals surface area contributed by atoms with Gasteiger partial charge in [0.25, 0.3) is 0 Å². The topological polar surface area (TPSA) is 47.9 Å². The standard InChI is InChI=1S/C19H11ClFNO3/c20-13-5-6-17-12(9-13)7-11(10-24-17)8-16-19(23)25-18(22-16)14-3-1-2-4-15(14)21/h1-9H,10H2/b16-8+. The molecule has 0 spiro atoms. The van der Waals surface area contributed by atoms with E-state index < -0.39 is 11.8 Å². The zero-order chi connectivity index (χ0) is 17.4. The van der Waals surface area contributed by atoms with Gasteiger partial charge in [-0.25, -0.2) is 14.2 Å². The maximum absolute atomic E-state index is 13.8. The molecule has 2 heterocycles. The highest BCUT2D eigenvalue weighted by molar-refractivity contribution is 6.30. The van der Waals surface area contributed by atoms with Crippen molar-refractivity contribution in [3.8, 4) is 5.75 Å². The van der Waals surface area contributed by atoms with E-state index in [2.05, 4.69) is 4.99 Å². The Bertz CT molecular complexity index is 978. The summed E-state index contributed by atoms with van der Waals surface area (Å²) in [7, 11) is 0. The van der Waals surface area contributed by atoms with Gasteiger partial charge in [0.15, 0.2) is 5.70 Å². The third kappa shape index (κ3) is 3.06. The predicted octanol–water partition coefficient (Wildman–Crippen LogP) is 4.14. The van der Waals surface area contributed by atoms with E-state index in [1.807, 2.05) is 6.08 Å². The number of nitrogens with zero attached hydrogens (tertiary/aromatic N) is 1. The van der Waals surface area contributed by atoms with E-state index in [0.29, 0.717) is 5.02 Å². The number of aliphatic imine (C=N–C) groups is 1. The lowest BCUT2D eigenvalue weighted by molar-refractivity contribution is -0.130. The van der Waals surface area contributed by atoms with E-state index in [1.165, 1.54) is 12.1 Å². The van der Waals surface area contributed by atoms with Gasteiger partial charge in [-0.1, -0.05) is 23.7 Å². The van der Waals surface area contributed by atoms with Crippen LogP contribution in [0.3, 0.4) is 0 Å². The molecule has 2 aromatic carbocycles. The van der Waals surface area contributed by atoms with Gasteiger partial charge in [0.05, 0.1) is 5.56 Å². The SMILES string of the molecule is O=C1OC(c2ccccc2F)=N/C1=C/C1=Cc2cc(Cl)ccc2OC1. The maximum atomic E-state index is 13.8. The van der Waals surface area contributed by atoms with Gasteiger partial charge >= 0.3 is 5.97 Å². The second kappa shape index (κ2) is 6.18. The highest BCUT2D eigenvalue weighted by Gasteiger charge is 2.26. The van der Waals surface area contributed by atoms with Crippen molar-refractivity contribution < 1.29 is 18.7 Å². The van der Waals surface area contributed by atoms with Crippen LogP contribution in [-0.2, 0) is 9.53 Å². The fourth-order valence-electron chi connectivity index (χ4n) is 2.58. The van der Waals surface area contributed by atoms with Crippen LogP contribution >= 0.6 is 11.6 Å².